The fraction of sp³-hybridized carbons (Fsp3) is 0.412. The van der Waals surface area contributed by atoms with E-state index in [1.165, 1.54) is 26.0 Å². The molecule has 1 saturated heterocycles. The molecule has 4 aromatic carbocycles. The number of carbonyl (C=O) groups is 1. The van der Waals surface area contributed by atoms with E-state index in [0.29, 0.717) is 55.8 Å². The van der Waals surface area contributed by atoms with Gasteiger partial charge in [0, 0.05) is 69.7 Å². The van der Waals surface area contributed by atoms with Gasteiger partial charge in [-0.05, 0) is 121 Å². The summed E-state index contributed by atoms with van der Waals surface area (Å²) in [6.45, 7) is 15.7. The molecule has 2 unspecified atom stereocenters. The van der Waals surface area contributed by atoms with E-state index in [9.17, 15) is 43.7 Å². The summed E-state index contributed by atoms with van der Waals surface area (Å²) < 4.78 is 110. The first-order valence-corrected chi connectivity index (χ1v) is 28.9. The van der Waals surface area contributed by atoms with Crippen LogP contribution >= 0.6 is 12.0 Å². The maximum Gasteiger partial charge on any atom is 0.294 e. The van der Waals surface area contributed by atoms with Gasteiger partial charge in [0.2, 0.25) is 11.6 Å². The number of rotatable bonds is 14. The van der Waals surface area contributed by atoms with Crippen molar-refractivity contribution < 1.29 is 62.9 Å². The van der Waals surface area contributed by atoms with Crippen LogP contribution in [0.2, 0.25) is 0 Å². The van der Waals surface area contributed by atoms with Crippen molar-refractivity contribution in [2.45, 2.75) is 105 Å². The molecule has 0 spiro atoms. The minimum Gasteiger partial charge on any atom is -0.344 e. The van der Waals surface area contributed by atoms with Gasteiger partial charge in [-0.15, -0.1) is 4.33 Å². The predicted octanol–water partition coefficient (Wildman–Crippen LogP) is 8.63. The SMILES string of the molecule is CC(=O)N1CC[N+](=C2C(=CC=C3N(CCC(C)S(=O)(=O)O)c4ccc5cc(SOOO)ccc5c4C3(C)C)CC/C2=C\C=C2\N(CCC(C)S(=O)(=O)O)c3ccc4cc(S(=O)(=O)O)ccc4c3C2(C)C)CC1. The first kappa shape index (κ1) is 53.4. The standard InChI is InChI=1S/C51H60N4O13S4/c1-32(70(58,59)60)22-24-54-43-18-10-37-30-39(69-68-67-57)14-16-41(37)47(43)50(4,5)45(54)20-12-35-8-9-36(49(35)53-28-26-52(27-29-53)34(3)56)13-21-46-51(6,7)48-42-17-15-40(72(64,65)66)31-38(42)11-19-44(48)55(46)25-23-33(2)71(61,62)63/h10-21,30-33H,8-9,22-29H2,1-7H3,(H3-,57,58,59,60,61,62,63,64,65,66)/p+1. The van der Waals surface area contributed by atoms with E-state index < -0.39 is 51.7 Å². The van der Waals surface area contributed by atoms with Crippen molar-refractivity contribution in [3.05, 3.63) is 119 Å². The van der Waals surface area contributed by atoms with E-state index in [1.54, 1.807) is 19.1 Å². The number of hydrogen-bond acceptors (Lipinski definition) is 13. The zero-order valence-electron chi connectivity index (χ0n) is 41.2. The zero-order chi connectivity index (χ0) is 52.3. The number of piperazine rings is 1. The van der Waals surface area contributed by atoms with Crippen LogP contribution in [0.5, 0.6) is 0 Å². The third-order valence-electron chi connectivity index (χ3n) is 14.8. The van der Waals surface area contributed by atoms with E-state index in [-0.39, 0.29) is 30.2 Å². The second-order valence-electron chi connectivity index (χ2n) is 20.0. The monoisotopic (exact) mass is 1070 g/mol. The third kappa shape index (κ3) is 10.4. The van der Waals surface area contributed by atoms with Gasteiger partial charge < -0.3 is 14.7 Å². The van der Waals surface area contributed by atoms with Crippen LogP contribution in [0.15, 0.2) is 117 Å². The van der Waals surface area contributed by atoms with Gasteiger partial charge in [0.25, 0.3) is 30.4 Å². The largest absolute Gasteiger partial charge is 0.344 e. The summed E-state index contributed by atoms with van der Waals surface area (Å²) in [7, 11) is -13.1. The van der Waals surface area contributed by atoms with Crippen LogP contribution in [0.1, 0.15) is 85.3 Å². The van der Waals surface area contributed by atoms with Crippen molar-refractivity contribution >= 4 is 86.9 Å². The number of carbonyl (C=O) groups excluding carboxylic acids is 1. The Morgan fingerprint density at radius 2 is 1.18 bits per heavy atom. The average Bonchev–Trinajstić information content (AvgIpc) is 3.89. The highest BCUT2D eigenvalue weighted by Gasteiger charge is 2.44. The lowest BCUT2D eigenvalue weighted by Gasteiger charge is -2.28. The summed E-state index contributed by atoms with van der Waals surface area (Å²) in [5.74, 6) is 0.00157. The highest BCUT2D eigenvalue weighted by atomic mass is 32.2. The van der Waals surface area contributed by atoms with E-state index in [2.05, 4.69) is 71.4 Å². The minimum absolute atomic E-state index is 0.00157. The topological polar surface area (TPSA) is 232 Å². The van der Waals surface area contributed by atoms with Crippen molar-refractivity contribution in [3.8, 4) is 0 Å². The van der Waals surface area contributed by atoms with E-state index in [4.69, 9.17) is 9.59 Å². The Hall–Kier alpha value is -4.94. The van der Waals surface area contributed by atoms with Crippen LogP contribution in [-0.4, -0.2) is 115 Å². The van der Waals surface area contributed by atoms with Crippen LogP contribution < -0.4 is 9.80 Å². The third-order valence-corrected chi connectivity index (χ3v) is 18.8. The molecule has 0 bridgehead atoms. The summed E-state index contributed by atoms with van der Waals surface area (Å²) in [5.41, 5.74) is 7.24. The molecule has 0 radical (unpaired) electrons. The molecule has 3 aliphatic heterocycles. The molecule has 4 aromatic rings. The molecule has 72 heavy (non-hydrogen) atoms. The summed E-state index contributed by atoms with van der Waals surface area (Å²) in [4.78, 5) is 19.0. The second kappa shape index (κ2) is 20.1. The average molecular weight is 1070 g/mol. The normalized spacial score (nSPS) is 21.2. The maximum absolute atomic E-state index is 12.5. The number of amides is 1. The lowest BCUT2D eigenvalue weighted by atomic mass is 9.81. The Bertz CT molecular complexity index is 3370. The first-order valence-electron chi connectivity index (χ1n) is 23.7. The molecule has 17 nitrogen and oxygen atoms in total. The highest BCUT2D eigenvalue weighted by Crippen LogP contribution is 2.53. The molecule has 1 amide bonds. The van der Waals surface area contributed by atoms with E-state index >= 15 is 0 Å². The Labute approximate surface area is 425 Å². The van der Waals surface area contributed by atoms with Crippen molar-refractivity contribution in [1.82, 2.24) is 4.90 Å². The number of benzene rings is 4. The summed E-state index contributed by atoms with van der Waals surface area (Å²) in [5, 5.41) is 13.8. The highest BCUT2D eigenvalue weighted by molar-refractivity contribution is 7.94. The molecular formula is C51H61N4O13S4+. The zero-order valence-corrected chi connectivity index (χ0v) is 44.5. The lowest BCUT2D eigenvalue weighted by Crippen LogP contribution is -2.46. The number of hydrogen-bond donors (Lipinski definition) is 4. The summed E-state index contributed by atoms with van der Waals surface area (Å²) >= 11 is 0.861. The van der Waals surface area contributed by atoms with Gasteiger partial charge >= 0.3 is 0 Å². The Balaban J connectivity index is 1.24. The summed E-state index contributed by atoms with van der Waals surface area (Å²) in [6.07, 6.45) is 10.0. The van der Waals surface area contributed by atoms with Crippen LogP contribution in [0.4, 0.5) is 11.4 Å². The molecule has 1 aliphatic carbocycles. The second-order valence-corrected chi connectivity index (χ2v) is 25.9. The van der Waals surface area contributed by atoms with Gasteiger partial charge in [-0.25, -0.2) is 9.83 Å². The van der Waals surface area contributed by atoms with Gasteiger partial charge in [-0.1, -0.05) is 69.2 Å². The molecule has 21 heteroatoms. The molecule has 3 heterocycles. The smallest absolute Gasteiger partial charge is 0.294 e. The molecule has 8 rings (SSSR count). The van der Waals surface area contributed by atoms with Gasteiger partial charge in [-0.3, -0.25) is 18.5 Å². The maximum atomic E-state index is 12.5. The van der Waals surface area contributed by atoms with Crippen LogP contribution in [0.25, 0.3) is 21.5 Å². The molecule has 2 fully saturated rings. The van der Waals surface area contributed by atoms with Crippen LogP contribution in [0, 0.1) is 0 Å². The lowest BCUT2D eigenvalue weighted by molar-refractivity contribution is -0.537. The Kier molecular flexibility index (Phi) is 14.9. The fourth-order valence-electron chi connectivity index (χ4n) is 10.9. The predicted molar refractivity (Wildman–Crippen MR) is 279 cm³/mol. The summed E-state index contributed by atoms with van der Waals surface area (Å²) in [6, 6.07) is 17.9. The van der Waals surface area contributed by atoms with Crippen molar-refractivity contribution in [3.63, 3.8) is 0 Å². The van der Waals surface area contributed by atoms with Crippen molar-refractivity contribution in [2.24, 2.45) is 0 Å². The van der Waals surface area contributed by atoms with Crippen molar-refractivity contribution in [2.75, 3.05) is 49.1 Å². The number of allylic oxidation sites excluding steroid dienone is 8. The molecule has 386 valence electrons. The van der Waals surface area contributed by atoms with Gasteiger partial charge in [0.1, 0.15) is 0 Å². The molecule has 2 atom stereocenters. The van der Waals surface area contributed by atoms with Gasteiger partial charge in [0.05, 0.1) is 40.5 Å². The van der Waals surface area contributed by atoms with E-state index in [1.807, 2.05) is 41.3 Å². The Morgan fingerprint density at radius 1 is 0.708 bits per heavy atom. The number of fused-ring (bicyclic) bond motifs is 6. The molecule has 0 aromatic heterocycles. The minimum atomic E-state index is -4.48. The number of anilines is 2. The first-order chi connectivity index (χ1) is 33.7. The van der Waals surface area contributed by atoms with Crippen LogP contribution in [0.3, 0.4) is 0 Å². The number of nitrogens with zero attached hydrogens (tertiary/aromatic N) is 4. The Morgan fingerprint density at radius 3 is 1.62 bits per heavy atom. The van der Waals surface area contributed by atoms with Gasteiger partial charge in [0.15, 0.2) is 13.1 Å². The van der Waals surface area contributed by atoms with Crippen LogP contribution in [-0.2, 0) is 55.4 Å². The van der Waals surface area contributed by atoms with Gasteiger partial charge in [-0.2, -0.15) is 25.3 Å². The molecular weight excluding hydrogens is 1000 g/mol. The molecule has 4 aliphatic rings. The fourth-order valence-corrected chi connectivity index (χ4v) is 12.6. The van der Waals surface area contributed by atoms with E-state index in [0.717, 1.165) is 79.0 Å². The van der Waals surface area contributed by atoms with Crippen molar-refractivity contribution in [1.29, 1.82) is 0 Å². The molecule has 4 N–H and O–H groups in total. The quantitative estimate of drug-likeness (QED) is 0.0304. The molecule has 1 saturated carbocycles.